The topological polar surface area (TPSA) is 90.8 Å². The molecular formula is C25H19FN4O2. The number of anilines is 1. The molecule has 4 aromatic rings. The number of aromatic amines is 1. The van der Waals surface area contributed by atoms with E-state index in [4.69, 9.17) is 10.00 Å². The Bertz CT molecular complexity index is 1320. The summed E-state index contributed by atoms with van der Waals surface area (Å²) >= 11 is 0. The molecule has 0 aliphatic carbocycles. The first-order chi connectivity index (χ1) is 15.6. The van der Waals surface area contributed by atoms with Crippen LogP contribution in [0.3, 0.4) is 0 Å². The van der Waals surface area contributed by atoms with Crippen LogP contribution in [0.25, 0.3) is 17.1 Å². The number of nitrogens with one attached hydrogen (secondary N) is 2. The molecule has 3 aromatic carbocycles. The van der Waals surface area contributed by atoms with Crippen LogP contribution in [-0.2, 0) is 11.2 Å². The van der Waals surface area contributed by atoms with Crippen LogP contribution in [0.4, 0.5) is 10.1 Å². The van der Waals surface area contributed by atoms with Crippen LogP contribution in [0.15, 0.2) is 72.8 Å². The van der Waals surface area contributed by atoms with Crippen molar-refractivity contribution in [3.63, 3.8) is 0 Å². The number of benzene rings is 3. The third-order valence-corrected chi connectivity index (χ3v) is 4.72. The molecule has 1 heterocycles. The Kier molecular flexibility index (Phi) is 6.23. The number of H-pyrrole nitrogens is 1. The normalized spacial score (nSPS) is 10.9. The Labute approximate surface area is 184 Å². The maximum atomic E-state index is 13.9. The summed E-state index contributed by atoms with van der Waals surface area (Å²) in [6.45, 7) is -0.0110. The van der Waals surface area contributed by atoms with Crippen LogP contribution >= 0.6 is 0 Å². The molecule has 0 saturated heterocycles. The van der Waals surface area contributed by atoms with Gasteiger partial charge < -0.3 is 15.0 Å². The van der Waals surface area contributed by atoms with Crippen molar-refractivity contribution >= 4 is 28.7 Å². The number of rotatable bonds is 7. The quantitative estimate of drug-likeness (QED) is 0.414. The Morgan fingerprint density at radius 2 is 1.97 bits per heavy atom. The Hall–Kier alpha value is -4.44. The third-order valence-electron chi connectivity index (χ3n) is 4.72. The Morgan fingerprint density at radius 3 is 2.75 bits per heavy atom. The molecule has 0 saturated carbocycles. The number of carbonyl (C=O) groups excluding carboxylic acids is 1. The van der Waals surface area contributed by atoms with Gasteiger partial charge in [-0.2, -0.15) is 5.26 Å². The third kappa shape index (κ3) is 5.18. The van der Waals surface area contributed by atoms with E-state index in [0.717, 1.165) is 16.6 Å². The minimum absolute atomic E-state index is 0.0110. The molecule has 4 rings (SSSR count). The van der Waals surface area contributed by atoms with E-state index in [1.54, 1.807) is 66.7 Å². The highest BCUT2D eigenvalue weighted by Gasteiger charge is 2.08. The smallest absolute Gasteiger partial charge is 0.248 e. The zero-order chi connectivity index (χ0) is 22.3. The van der Waals surface area contributed by atoms with E-state index in [9.17, 15) is 9.18 Å². The molecule has 0 bridgehead atoms. The van der Waals surface area contributed by atoms with E-state index >= 15 is 0 Å². The molecule has 0 fully saturated rings. The van der Waals surface area contributed by atoms with E-state index < -0.39 is 0 Å². The maximum Gasteiger partial charge on any atom is 0.248 e. The lowest BCUT2D eigenvalue weighted by Crippen LogP contribution is -2.07. The first-order valence-electron chi connectivity index (χ1n) is 9.91. The summed E-state index contributed by atoms with van der Waals surface area (Å²) < 4.78 is 19.1. The minimum atomic E-state index is -0.278. The zero-order valence-corrected chi connectivity index (χ0v) is 17.0. The van der Waals surface area contributed by atoms with Crippen LogP contribution < -0.4 is 10.1 Å². The van der Waals surface area contributed by atoms with Crippen LogP contribution in [0.1, 0.15) is 17.0 Å². The summed E-state index contributed by atoms with van der Waals surface area (Å²) in [6, 6.07) is 20.9. The summed E-state index contributed by atoms with van der Waals surface area (Å²) in [5.74, 6) is 0.698. The van der Waals surface area contributed by atoms with E-state index in [2.05, 4.69) is 15.3 Å². The van der Waals surface area contributed by atoms with Crippen molar-refractivity contribution in [2.45, 2.75) is 6.42 Å². The summed E-state index contributed by atoms with van der Waals surface area (Å²) in [4.78, 5) is 20.0. The lowest BCUT2D eigenvalue weighted by Gasteiger charge is -2.02. The van der Waals surface area contributed by atoms with Crippen molar-refractivity contribution < 1.29 is 13.9 Å². The van der Waals surface area contributed by atoms with E-state index in [0.29, 0.717) is 29.2 Å². The fraction of sp³-hybridized carbons (Fsp3) is 0.0800. The molecule has 2 N–H and O–H groups in total. The van der Waals surface area contributed by atoms with Gasteiger partial charge in [0.25, 0.3) is 0 Å². The van der Waals surface area contributed by atoms with Crippen molar-refractivity contribution in [3.05, 3.63) is 95.6 Å². The molecule has 0 aliphatic heterocycles. The highest BCUT2D eigenvalue weighted by atomic mass is 19.1. The molecule has 0 aliphatic rings. The van der Waals surface area contributed by atoms with Crippen LogP contribution in [0.5, 0.6) is 5.75 Å². The first-order valence-corrected chi connectivity index (χ1v) is 9.91. The van der Waals surface area contributed by atoms with Gasteiger partial charge in [0, 0.05) is 18.2 Å². The van der Waals surface area contributed by atoms with Crippen LogP contribution in [-0.4, -0.2) is 22.5 Å². The average molecular weight is 426 g/mol. The summed E-state index contributed by atoms with van der Waals surface area (Å²) in [7, 11) is 0. The predicted octanol–water partition coefficient (Wildman–Crippen LogP) is 4.85. The first kappa shape index (κ1) is 20.8. The van der Waals surface area contributed by atoms with Gasteiger partial charge in [-0.25, -0.2) is 9.37 Å². The summed E-state index contributed by atoms with van der Waals surface area (Å²) in [6.07, 6.45) is 3.47. The van der Waals surface area contributed by atoms with Gasteiger partial charge in [-0.05, 0) is 53.6 Å². The molecule has 0 unspecified atom stereocenters. The van der Waals surface area contributed by atoms with Gasteiger partial charge in [-0.1, -0.05) is 30.3 Å². The maximum absolute atomic E-state index is 13.9. The van der Waals surface area contributed by atoms with Gasteiger partial charge in [0.05, 0.1) is 11.0 Å². The second-order valence-electron chi connectivity index (χ2n) is 7.02. The molecule has 1 amide bonds. The van der Waals surface area contributed by atoms with E-state index in [1.807, 2.05) is 6.07 Å². The number of fused-ring (bicyclic) bond motifs is 1. The number of carbonyl (C=O) groups is 1. The van der Waals surface area contributed by atoms with Crippen molar-refractivity contribution in [3.8, 4) is 11.8 Å². The van der Waals surface area contributed by atoms with Crippen LogP contribution in [0, 0.1) is 17.1 Å². The molecule has 0 spiro atoms. The molecule has 0 radical (unpaired) electrons. The molecule has 6 nitrogen and oxygen atoms in total. The lowest BCUT2D eigenvalue weighted by atomic mass is 10.1. The largest absolute Gasteiger partial charge is 0.479 e. The number of hydrogen-bond acceptors (Lipinski definition) is 4. The second-order valence-corrected chi connectivity index (χ2v) is 7.02. The summed E-state index contributed by atoms with van der Waals surface area (Å²) in [5, 5.41) is 11.3. The van der Waals surface area contributed by atoms with Crippen molar-refractivity contribution in [2.75, 3.05) is 11.9 Å². The Balaban J connectivity index is 1.40. The van der Waals surface area contributed by atoms with Gasteiger partial charge in [0.2, 0.25) is 5.91 Å². The fourth-order valence-corrected chi connectivity index (χ4v) is 3.19. The number of ether oxygens (including phenoxy) is 1. The van der Waals surface area contributed by atoms with Gasteiger partial charge in [0.15, 0.2) is 6.61 Å². The highest BCUT2D eigenvalue weighted by molar-refractivity contribution is 6.02. The molecule has 32 heavy (non-hydrogen) atoms. The zero-order valence-electron chi connectivity index (χ0n) is 17.0. The molecule has 158 valence electrons. The molecular weight excluding hydrogens is 407 g/mol. The van der Waals surface area contributed by atoms with Gasteiger partial charge in [-0.15, -0.1) is 0 Å². The highest BCUT2D eigenvalue weighted by Crippen LogP contribution is 2.20. The van der Waals surface area contributed by atoms with Gasteiger partial charge >= 0.3 is 0 Å². The van der Waals surface area contributed by atoms with Crippen molar-refractivity contribution in [2.24, 2.45) is 0 Å². The fourth-order valence-electron chi connectivity index (χ4n) is 3.19. The lowest BCUT2D eigenvalue weighted by molar-refractivity contribution is -0.111. The second kappa shape index (κ2) is 9.58. The van der Waals surface area contributed by atoms with E-state index in [1.165, 1.54) is 12.1 Å². The van der Waals surface area contributed by atoms with Crippen molar-refractivity contribution in [1.29, 1.82) is 5.26 Å². The van der Waals surface area contributed by atoms with E-state index in [-0.39, 0.29) is 18.3 Å². The molecule has 7 heteroatoms. The minimum Gasteiger partial charge on any atom is -0.479 e. The van der Waals surface area contributed by atoms with Gasteiger partial charge in [0.1, 0.15) is 23.5 Å². The average Bonchev–Trinajstić information content (AvgIpc) is 3.20. The van der Waals surface area contributed by atoms with Crippen molar-refractivity contribution in [1.82, 2.24) is 9.97 Å². The number of nitrogens with zero attached hydrogens (tertiary/aromatic N) is 2. The number of hydrogen-bond donors (Lipinski definition) is 2. The number of nitriles is 1. The summed E-state index contributed by atoms with van der Waals surface area (Å²) in [5.41, 5.74) is 3.50. The SMILES string of the molecule is N#CCOc1ccc(/C=C/C(=O)Nc2ccc3nc(Cc4ccccc4F)[nH]c3c2)cc1. The standard InChI is InChI=1S/C25H19FN4O2/c26-21-4-2-1-3-18(21)15-24-29-22-11-8-19(16-23(22)30-24)28-25(31)12-7-17-5-9-20(10-6-17)32-14-13-27/h1-12,16H,14-15H2,(H,28,31)(H,29,30)/b12-7+. The Morgan fingerprint density at radius 1 is 1.16 bits per heavy atom. The van der Waals surface area contributed by atoms with Gasteiger partial charge in [-0.3, -0.25) is 4.79 Å². The molecule has 1 aromatic heterocycles. The predicted molar refractivity (Wildman–Crippen MR) is 121 cm³/mol. The number of halogens is 1. The van der Waals surface area contributed by atoms with Crippen LogP contribution in [0.2, 0.25) is 0 Å². The number of imidazole rings is 1. The number of aromatic nitrogens is 2. The number of amides is 1. The monoisotopic (exact) mass is 426 g/mol. The molecule has 0 atom stereocenters.